The number of aromatic nitrogens is 1. The average molecular weight is 361 g/mol. The molecule has 4 rings (SSSR count). The highest BCUT2D eigenvalue weighted by Gasteiger charge is 2.26. The Hall–Kier alpha value is -3.74. The number of para-hydroxylation sites is 2. The molecule has 2 aromatic carbocycles. The summed E-state index contributed by atoms with van der Waals surface area (Å²) < 4.78 is 0. The summed E-state index contributed by atoms with van der Waals surface area (Å²) in [6.07, 6.45) is 3.47. The summed E-state index contributed by atoms with van der Waals surface area (Å²) in [5, 5.41) is 4.62. The van der Waals surface area contributed by atoms with Crippen LogP contribution in [-0.2, 0) is 4.79 Å². The molecule has 3 aromatic rings. The Bertz CT molecular complexity index is 966. The number of fused-ring (bicyclic) bond motifs is 1. The van der Waals surface area contributed by atoms with Gasteiger partial charge in [0.05, 0.1) is 22.7 Å². The molecular formula is C20H19N5O2. The van der Waals surface area contributed by atoms with Gasteiger partial charge in [0, 0.05) is 25.0 Å². The lowest BCUT2D eigenvalue weighted by molar-refractivity contribution is -0.117. The molecule has 136 valence electrons. The third kappa shape index (κ3) is 3.35. The largest absolute Gasteiger partial charge is 0.366 e. The first-order valence-electron chi connectivity index (χ1n) is 8.56. The summed E-state index contributed by atoms with van der Waals surface area (Å²) in [6.45, 7) is 0.225. The van der Waals surface area contributed by atoms with E-state index in [1.165, 1.54) is 0 Å². The number of aromatic amines is 1. The molecule has 7 nitrogen and oxygen atoms in total. The number of carbonyl (C=O) groups excluding carboxylic acids is 2. The van der Waals surface area contributed by atoms with E-state index in [0.29, 0.717) is 5.56 Å². The van der Waals surface area contributed by atoms with Crippen molar-refractivity contribution in [2.45, 2.75) is 0 Å². The summed E-state index contributed by atoms with van der Waals surface area (Å²) in [5.41, 5.74) is 7.09. The van der Waals surface area contributed by atoms with Crippen molar-refractivity contribution in [1.29, 1.82) is 0 Å². The van der Waals surface area contributed by atoms with Gasteiger partial charge in [0.2, 0.25) is 5.91 Å². The summed E-state index contributed by atoms with van der Waals surface area (Å²) >= 11 is 0. The van der Waals surface area contributed by atoms with E-state index in [-0.39, 0.29) is 18.4 Å². The van der Waals surface area contributed by atoms with Gasteiger partial charge in [-0.1, -0.05) is 12.1 Å². The zero-order valence-electron chi connectivity index (χ0n) is 14.8. The highest BCUT2D eigenvalue weighted by Crippen LogP contribution is 2.32. The first-order chi connectivity index (χ1) is 13.1. The standard InChI is InChI=1S/C20H19N5O2/c1-24-17-4-2-3-5-18(17)25(13-19(24)26)23-15-8-6-14(7-9-15)20(27)22-16-10-11-21-12-16/h2-12,21,23H,13H2,1H3,(H,22,27). The van der Waals surface area contributed by atoms with Crippen LogP contribution in [0.5, 0.6) is 0 Å². The summed E-state index contributed by atoms with van der Waals surface area (Å²) in [6, 6.07) is 16.6. The zero-order chi connectivity index (χ0) is 18.8. The predicted octanol–water partition coefficient (Wildman–Crippen LogP) is 3.08. The Morgan fingerprint density at radius 2 is 1.74 bits per heavy atom. The van der Waals surface area contributed by atoms with Crippen molar-refractivity contribution in [2.75, 3.05) is 34.2 Å². The number of rotatable bonds is 4. The maximum Gasteiger partial charge on any atom is 0.255 e. The minimum Gasteiger partial charge on any atom is -0.366 e. The number of hydrogen-bond donors (Lipinski definition) is 3. The molecule has 1 aromatic heterocycles. The maximum atomic E-state index is 12.3. The average Bonchev–Trinajstić information content (AvgIpc) is 3.19. The van der Waals surface area contributed by atoms with E-state index in [1.807, 2.05) is 41.4 Å². The molecule has 0 spiro atoms. The number of carbonyl (C=O) groups is 2. The summed E-state index contributed by atoms with van der Waals surface area (Å²) in [7, 11) is 1.77. The van der Waals surface area contributed by atoms with E-state index in [2.05, 4.69) is 15.7 Å². The third-order valence-corrected chi connectivity index (χ3v) is 4.47. The Balaban J connectivity index is 1.49. The monoisotopic (exact) mass is 361 g/mol. The van der Waals surface area contributed by atoms with Crippen molar-refractivity contribution < 1.29 is 9.59 Å². The van der Waals surface area contributed by atoms with Crippen LogP contribution in [0, 0.1) is 0 Å². The second-order valence-corrected chi connectivity index (χ2v) is 6.27. The normalized spacial score (nSPS) is 13.3. The number of benzene rings is 2. The van der Waals surface area contributed by atoms with E-state index in [0.717, 1.165) is 22.7 Å². The molecule has 2 heterocycles. The molecule has 0 unspecified atom stereocenters. The molecule has 0 atom stereocenters. The lowest BCUT2D eigenvalue weighted by Crippen LogP contribution is -2.46. The van der Waals surface area contributed by atoms with Gasteiger partial charge in [-0.25, -0.2) is 0 Å². The van der Waals surface area contributed by atoms with E-state index >= 15 is 0 Å². The van der Waals surface area contributed by atoms with Gasteiger partial charge in [-0.15, -0.1) is 0 Å². The van der Waals surface area contributed by atoms with E-state index in [4.69, 9.17) is 0 Å². The number of amides is 2. The van der Waals surface area contributed by atoms with Crippen molar-refractivity contribution in [2.24, 2.45) is 0 Å². The fourth-order valence-corrected chi connectivity index (χ4v) is 2.99. The van der Waals surface area contributed by atoms with Gasteiger partial charge < -0.3 is 15.2 Å². The van der Waals surface area contributed by atoms with Crippen LogP contribution in [0.15, 0.2) is 67.0 Å². The first-order valence-corrected chi connectivity index (χ1v) is 8.56. The van der Waals surface area contributed by atoms with Gasteiger partial charge in [0.15, 0.2) is 0 Å². The van der Waals surface area contributed by atoms with E-state index in [1.54, 1.807) is 42.5 Å². The van der Waals surface area contributed by atoms with E-state index < -0.39 is 0 Å². The second kappa shape index (κ2) is 6.87. The minimum atomic E-state index is -0.179. The van der Waals surface area contributed by atoms with Gasteiger partial charge in [0.1, 0.15) is 6.54 Å². The molecule has 27 heavy (non-hydrogen) atoms. The van der Waals surface area contributed by atoms with Crippen LogP contribution in [0.3, 0.4) is 0 Å². The van der Waals surface area contributed by atoms with Gasteiger partial charge in [-0.2, -0.15) is 0 Å². The van der Waals surface area contributed by atoms with Crippen molar-refractivity contribution >= 4 is 34.6 Å². The molecule has 0 aliphatic carbocycles. The number of likely N-dealkylation sites (N-methyl/N-ethyl adjacent to an activating group) is 1. The Morgan fingerprint density at radius 1 is 1.00 bits per heavy atom. The van der Waals surface area contributed by atoms with Crippen molar-refractivity contribution in [3.63, 3.8) is 0 Å². The topological polar surface area (TPSA) is 80.5 Å². The van der Waals surface area contributed by atoms with Gasteiger partial charge >= 0.3 is 0 Å². The second-order valence-electron chi connectivity index (χ2n) is 6.27. The van der Waals surface area contributed by atoms with Crippen molar-refractivity contribution in [3.8, 4) is 0 Å². The van der Waals surface area contributed by atoms with Gasteiger partial charge in [0.25, 0.3) is 5.91 Å². The third-order valence-electron chi connectivity index (χ3n) is 4.47. The van der Waals surface area contributed by atoms with Crippen LogP contribution in [-0.4, -0.2) is 30.4 Å². The molecular weight excluding hydrogens is 342 g/mol. The number of nitrogens with zero attached hydrogens (tertiary/aromatic N) is 2. The van der Waals surface area contributed by atoms with Crippen LogP contribution < -0.4 is 20.7 Å². The molecule has 0 saturated carbocycles. The highest BCUT2D eigenvalue weighted by molar-refractivity contribution is 6.05. The molecule has 2 amide bonds. The molecule has 0 bridgehead atoms. The fraction of sp³-hybridized carbons (Fsp3) is 0.100. The highest BCUT2D eigenvalue weighted by atomic mass is 16.2. The maximum absolute atomic E-state index is 12.3. The number of hydrogen-bond acceptors (Lipinski definition) is 4. The van der Waals surface area contributed by atoms with Crippen molar-refractivity contribution in [1.82, 2.24) is 4.98 Å². The van der Waals surface area contributed by atoms with E-state index in [9.17, 15) is 9.59 Å². The Morgan fingerprint density at radius 3 is 2.44 bits per heavy atom. The Kier molecular flexibility index (Phi) is 4.25. The summed E-state index contributed by atoms with van der Waals surface area (Å²) in [4.78, 5) is 29.0. The Labute approximate surface area is 156 Å². The number of nitrogens with one attached hydrogen (secondary N) is 3. The number of anilines is 4. The lowest BCUT2D eigenvalue weighted by Gasteiger charge is -2.35. The number of hydrazine groups is 1. The molecule has 0 fully saturated rings. The van der Waals surface area contributed by atoms with Gasteiger partial charge in [-0.05, 0) is 42.5 Å². The predicted molar refractivity (Wildman–Crippen MR) is 106 cm³/mol. The van der Waals surface area contributed by atoms with Crippen LogP contribution in [0.2, 0.25) is 0 Å². The SMILES string of the molecule is CN1C(=O)CN(Nc2ccc(C(=O)Nc3cc[nH]c3)cc2)c2ccccc21. The smallest absolute Gasteiger partial charge is 0.255 e. The minimum absolute atomic E-state index is 0.00343. The van der Waals surface area contributed by atoms with Crippen LogP contribution >= 0.6 is 0 Å². The van der Waals surface area contributed by atoms with Crippen LogP contribution in [0.4, 0.5) is 22.7 Å². The lowest BCUT2D eigenvalue weighted by atomic mass is 10.2. The zero-order valence-corrected chi connectivity index (χ0v) is 14.8. The quantitative estimate of drug-likeness (QED) is 0.667. The molecule has 0 saturated heterocycles. The summed E-state index contributed by atoms with van der Waals surface area (Å²) in [5.74, 6) is -0.176. The molecule has 0 radical (unpaired) electrons. The van der Waals surface area contributed by atoms with Gasteiger partial charge in [-0.3, -0.25) is 20.0 Å². The molecule has 1 aliphatic heterocycles. The fourth-order valence-electron chi connectivity index (χ4n) is 2.99. The first kappa shape index (κ1) is 16.7. The van der Waals surface area contributed by atoms with Crippen LogP contribution in [0.25, 0.3) is 0 Å². The molecule has 1 aliphatic rings. The molecule has 3 N–H and O–H groups in total. The number of H-pyrrole nitrogens is 1. The van der Waals surface area contributed by atoms with Crippen LogP contribution in [0.1, 0.15) is 10.4 Å². The van der Waals surface area contributed by atoms with Crippen molar-refractivity contribution in [3.05, 3.63) is 72.6 Å². The molecule has 7 heteroatoms.